The van der Waals surface area contributed by atoms with Crippen LogP contribution in [0, 0.1) is 6.92 Å². The Hall–Kier alpha value is -3.28. The zero-order valence-electron chi connectivity index (χ0n) is 18.2. The SMILES string of the molecule is CNC(=O)[C@@H](c1ccccc1)N(CCCc1ccc(C(F)(F)F)cc1)c1cccc(C)c1. The fourth-order valence-electron chi connectivity index (χ4n) is 3.77. The van der Waals surface area contributed by atoms with E-state index < -0.39 is 17.8 Å². The van der Waals surface area contributed by atoms with E-state index in [1.807, 2.05) is 61.5 Å². The Labute approximate surface area is 186 Å². The lowest BCUT2D eigenvalue weighted by molar-refractivity contribution is -0.137. The van der Waals surface area contributed by atoms with E-state index in [1.165, 1.54) is 12.1 Å². The van der Waals surface area contributed by atoms with E-state index in [0.717, 1.165) is 34.5 Å². The fourth-order valence-corrected chi connectivity index (χ4v) is 3.77. The molecule has 168 valence electrons. The summed E-state index contributed by atoms with van der Waals surface area (Å²) in [5.41, 5.74) is 3.07. The normalized spacial score (nSPS) is 12.3. The highest BCUT2D eigenvalue weighted by Crippen LogP contribution is 2.30. The third kappa shape index (κ3) is 5.90. The maximum atomic E-state index is 12.9. The van der Waals surface area contributed by atoms with Crippen molar-refractivity contribution in [2.75, 3.05) is 18.5 Å². The van der Waals surface area contributed by atoms with E-state index in [1.54, 1.807) is 7.05 Å². The number of aryl methyl sites for hydroxylation is 2. The number of nitrogens with one attached hydrogen (secondary N) is 1. The third-order valence-electron chi connectivity index (χ3n) is 5.40. The molecule has 0 spiro atoms. The number of benzene rings is 3. The van der Waals surface area contributed by atoms with E-state index in [2.05, 4.69) is 10.2 Å². The first-order valence-corrected chi connectivity index (χ1v) is 10.6. The molecule has 1 atom stereocenters. The molecular weight excluding hydrogens is 413 g/mol. The van der Waals surface area contributed by atoms with Gasteiger partial charge in [0.2, 0.25) is 5.91 Å². The molecule has 0 aliphatic heterocycles. The molecule has 0 radical (unpaired) electrons. The molecule has 1 amide bonds. The van der Waals surface area contributed by atoms with Crippen molar-refractivity contribution >= 4 is 11.6 Å². The van der Waals surface area contributed by atoms with Crippen molar-refractivity contribution in [3.63, 3.8) is 0 Å². The van der Waals surface area contributed by atoms with Crippen LogP contribution in [-0.2, 0) is 17.4 Å². The van der Waals surface area contributed by atoms with Crippen LogP contribution in [0.25, 0.3) is 0 Å². The molecule has 0 fully saturated rings. The molecule has 0 aromatic heterocycles. The molecule has 3 rings (SSSR count). The minimum absolute atomic E-state index is 0.118. The number of amides is 1. The highest BCUT2D eigenvalue weighted by atomic mass is 19.4. The molecular formula is C26H27F3N2O. The number of hydrogen-bond acceptors (Lipinski definition) is 2. The van der Waals surface area contributed by atoms with Gasteiger partial charge in [-0.3, -0.25) is 4.79 Å². The van der Waals surface area contributed by atoms with Gasteiger partial charge < -0.3 is 10.2 Å². The first-order valence-electron chi connectivity index (χ1n) is 10.6. The van der Waals surface area contributed by atoms with Gasteiger partial charge in [0.25, 0.3) is 0 Å². The molecule has 0 aliphatic carbocycles. The summed E-state index contributed by atoms with van der Waals surface area (Å²) in [4.78, 5) is 15.0. The molecule has 3 nitrogen and oxygen atoms in total. The minimum atomic E-state index is -4.34. The van der Waals surface area contributed by atoms with Gasteiger partial charge in [-0.1, -0.05) is 54.6 Å². The summed E-state index contributed by atoms with van der Waals surface area (Å²) >= 11 is 0. The maximum Gasteiger partial charge on any atom is 0.416 e. The highest BCUT2D eigenvalue weighted by molar-refractivity contribution is 5.86. The molecule has 0 bridgehead atoms. The fraction of sp³-hybridized carbons (Fsp3) is 0.269. The Morgan fingerprint density at radius 3 is 2.25 bits per heavy atom. The lowest BCUT2D eigenvalue weighted by atomic mass is 10.0. The van der Waals surface area contributed by atoms with Crippen molar-refractivity contribution in [2.45, 2.75) is 32.0 Å². The maximum absolute atomic E-state index is 12.9. The average Bonchev–Trinajstić information content (AvgIpc) is 2.78. The molecule has 32 heavy (non-hydrogen) atoms. The van der Waals surface area contributed by atoms with Gasteiger partial charge in [0.15, 0.2) is 0 Å². The second-order valence-corrected chi connectivity index (χ2v) is 7.76. The Kier molecular flexibility index (Phi) is 7.57. The zero-order valence-corrected chi connectivity index (χ0v) is 18.2. The summed E-state index contributed by atoms with van der Waals surface area (Å²) in [6.07, 6.45) is -3.05. The van der Waals surface area contributed by atoms with Crippen LogP contribution in [0.15, 0.2) is 78.9 Å². The number of nitrogens with zero attached hydrogens (tertiary/aromatic N) is 1. The number of likely N-dealkylation sites (N-methyl/N-ethyl adjacent to an activating group) is 1. The molecule has 6 heteroatoms. The predicted octanol–water partition coefficient (Wildman–Crippen LogP) is 5.94. The van der Waals surface area contributed by atoms with Crippen LogP contribution in [0.4, 0.5) is 18.9 Å². The van der Waals surface area contributed by atoms with Crippen molar-refractivity contribution < 1.29 is 18.0 Å². The van der Waals surface area contributed by atoms with Crippen LogP contribution in [0.3, 0.4) is 0 Å². The summed E-state index contributed by atoms with van der Waals surface area (Å²) in [7, 11) is 1.62. The Morgan fingerprint density at radius 2 is 1.66 bits per heavy atom. The van der Waals surface area contributed by atoms with Crippen LogP contribution in [0.1, 0.15) is 34.7 Å². The van der Waals surface area contributed by atoms with Crippen molar-refractivity contribution in [3.8, 4) is 0 Å². The first-order chi connectivity index (χ1) is 15.3. The Morgan fingerprint density at radius 1 is 0.969 bits per heavy atom. The number of rotatable bonds is 8. The van der Waals surface area contributed by atoms with Gasteiger partial charge in [-0.2, -0.15) is 13.2 Å². The van der Waals surface area contributed by atoms with Crippen molar-refractivity contribution in [1.82, 2.24) is 5.32 Å². The van der Waals surface area contributed by atoms with E-state index in [0.29, 0.717) is 19.4 Å². The van der Waals surface area contributed by atoms with Gasteiger partial charge in [-0.05, 0) is 60.7 Å². The van der Waals surface area contributed by atoms with Crippen LogP contribution in [-0.4, -0.2) is 19.5 Å². The highest BCUT2D eigenvalue weighted by Gasteiger charge is 2.30. The summed E-state index contributed by atoms with van der Waals surface area (Å²) in [5.74, 6) is -0.118. The van der Waals surface area contributed by atoms with Crippen molar-refractivity contribution in [3.05, 3.63) is 101 Å². The van der Waals surface area contributed by atoms with Crippen molar-refractivity contribution in [1.29, 1.82) is 0 Å². The minimum Gasteiger partial charge on any atom is -0.357 e. The second-order valence-electron chi connectivity index (χ2n) is 7.76. The van der Waals surface area contributed by atoms with Gasteiger partial charge in [-0.15, -0.1) is 0 Å². The van der Waals surface area contributed by atoms with Crippen LogP contribution >= 0.6 is 0 Å². The number of anilines is 1. The van der Waals surface area contributed by atoms with Gasteiger partial charge in [-0.25, -0.2) is 0 Å². The molecule has 0 unspecified atom stereocenters. The standard InChI is InChI=1S/C26H27F3N2O/c1-19-8-6-12-23(18-19)31(24(25(32)30-2)21-10-4-3-5-11-21)17-7-9-20-13-15-22(16-14-20)26(27,28)29/h3-6,8,10-16,18,24H,7,9,17H2,1-2H3,(H,30,32)/t24-/m1/s1. The van der Waals surface area contributed by atoms with Gasteiger partial charge in [0.05, 0.1) is 5.56 Å². The van der Waals surface area contributed by atoms with Crippen LogP contribution in [0.5, 0.6) is 0 Å². The molecule has 0 saturated carbocycles. The summed E-state index contributed by atoms with van der Waals surface area (Å²) in [6, 6.07) is 22.3. The second kappa shape index (κ2) is 10.4. The summed E-state index contributed by atoms with van der Waals surface area (Å²) in [6.45, 7) is 2.57. The number of alkyl halides is 3. The molecule has 0 aliphatic rings. The molecule has 0 saturated heterocycles. The van der Waals surface area contributed by atoms with E-state index >= 15 is 0 Å². The lowest BCUT2D eigenvalue weighted by Gasteiger charge is -2.33. The molecule has 3 aromatic carbocycles. The van der Waals surface area contributed by atoms with E-state index in [4.69, 9.17) is 0 Å². The Balaban J connectivity index is 1.84. The summed E-state index contributed by atoms with van der Waals surface area (Å²) in [5, 5.41) is 2.77. The van der Waals surface area contributed by atoms with Gasteiger partial charge >= 0.3 is 6.18 Å². The van der Waals surface area contributed by atoms with Gasteiger partial charge in [0, 0.05) is 19.3 Å². The van der Waals surface area contributed by atoms with E-state index in [9.17, 15) is 18.0 Å². The van der Waals surface area contributed by atoms with Crippen LogP contribution in [0.2, 0.25) is 0 Å². The lowest BCUT2D eigenvalue weighted by Crippen LogP contribution is -2.40. The number of carbonyl (C=O) groups is 1. The smallest absolute Gasteiger partial charge is 0.357 e. The quantitative estimate of drug-likeness (QED) is 0.470. The number of hydrogen-bond donors (Lipinski definition) is 1. The predicted molar refractivity (Wildman–Crippen MR) is 122 cm³/mol. The monoisotopic (exact) mass is 440 g/mol. The molecule has 3 aromatic rings. The third-order valence-corrected chi connectivity index (χ3v) is 5.40. The van der Waals surface area contributed by atoms with Gasteiger partial charge in [0.1, 0.15) is 6.04 Å². The summed E-state index contributed by atoms with van der Waals surface area (Å²) < 4.78 is 38.4. The average molecular weight is 441 g/mol. The largest absolute Gasteiger partial charge is 0.416 e. The topological polar surface area (TPSA) is 32.3 Å². The van der Waals surface area contributed by atoms with Crippen LogP contribution < -0.4 is 10.2 Å². The first kappa shape index (κ1) is 23.4. The number of halogens is 3. The Bertz CT molecular complexity index is 1020. The zero-order chi connectivity index (χ0) is 23.1. The number of carbonyl (C=O) groups excluding carboxylic acids is 1. The van der Waals surface area contributed by atoms with E-state index in [-0.39, 0.29) is 5.91 Å². The molecule has 0 heterocycles. The van der Waals surface area contributed by atoms with Crippen molar-refractivity contribution in [2.24, 2.45) is 0 Å². The molecule has 1 N–H and O–H groups in total.